The minimum absolute atomic E-state index is 0.0000666. The van der Waals surface area contributed by atoms with E-state index in [0.29, 0.717) is 45.6 Å². The third-order valence-corrected chi connectivity index (χ3v) is 5.77. The number of hydrogen-bond donors (Lipinski definition) is 1. The Bertz CT molecular complexity index is 513. The number of carbonyl (C=O) groups excluding carboxylic acids is 1. The number of morpholine rings is 1. The standard InChI is InChI=1S/C16H24N2O6/c19-14-10-22-13-1-4-16(23-7-8-24-16)9-12(13)18(14)11-2-5-17(6-3-11)15(20)21/h11-13H,1-10H2,(H,20,21)/t12-,13-/m0/s1. The van der Waals surface area contributed by atoms with Crippen molar-refractivity contribution in [2.24, 2.45) is 0 Å². The molecule has 8 nitrogen and oxygen atoms in total. The molecule has 3 saturated heterocycles. The summed E-state index contributed by atoms with van der Waals surface area (Å²) in [6.07, 6.45) is 2.76. The van der Waals surface area contributed by atoms with E-state index in [0.717, 1.165) is 12.8 Å². The minimum atomic E-state index is -0.885. The van der Waals surface area contributed by atoms with E-state index in [2.05, 4.69) is 0 Å². The summed E-state index contributed by atoms with van der Waals surface area (Å²) in [5, 5.41) is 9.11. The normalized spacial score (nSPS) is 33.8. The molecule has 1 spiro atoms. The molecule has 0 bridgehead atoms. The summed E-state index contributed by atoms with van der Waals surface area (Å²) in [6, 6.07) is 0.0283. The summed E-state index contributed by atoms with van der Waals surface area (Å²) >= 11 is 0. The van der Waals surface area contributed by atoms with Gasteiger partial charge in [-0.1, -0.05) is 0 Å². The van der Waals surface area contributed by atoms with Crippen LogP contribution in [0.1, 0.15) is 32.1 Å². The molecular weight excluding hydrogens is 316 g/mol. The Kier molecular flexibility index (Phi) is 4.14. The molecule has 24 heavy (non-hydrogen) atoms. The molecule has 3 aliphatic heterocycles. The molecule has 8 heteroatoms. The molecule has 0 unspecified atom stereocenters. The van der Waals surface area contributed by atoms with Gasteiger partial charge in [-0.25, -0.2) is 4.79 Å². The summed E-state index contributed by atoms with van der Waals surface area (Å²) in [4.78, 5) is 27.0. The van der Waals surface area contributed by atoms with Crippen LogP contribution in [-0.4, -0.2) is 83.8 Å². The molecule has 1 N–H and O–H groups in total. The highest BCUT2D eigenvalue weighted by Gasteiger charge is 2.51. The van der Waals surface area contributed by atoms with Crippen LogP contribution in [0.15, 0.2) is 0 Å². The fourth-order valence-corrected chi connectivity index (χ4v) is 4.59. The number of amides is 2. The van der Waals surface area contributed by atoms with Crippen LogP contribution in [0.2, 0.25) is 0 Å². The number of carbonyl (C=O) groups is 2. The molecule has 0 aromatic carbocycles. The van der Waals surface area contributed by atoms with Gasteiger partial charge in [-0.3, -0.25) is 4.79 Å². The van der Waals surface area contributed by atoms with E-state index in [4.69, 9.17) is 19.3 Å². The predicted molar refractivity (Wildman–Crippen MR) is 81.5 cm³/mol. The highest BCUT2D eigenvalue weighted by molar-refractivity contribution is 5.79. The average molecular weight is 340 g/mol. The monoisotopic (exact) mass is 340 g/mol. The molecular formula is C16H24N2O6. The molecule has 1 saturated carbocycles. The van der Waals surface area contributed by atoms with Crippen LogP contribution in [0.25, 0.3) is 0 Å². The third kappa shape index (κ3) is 2.76. The third-order valence-electron chi connectivity index (χ3n) is 5.77. The maximum atomic E-state index is 12.6. The summed E-state index contributed by atoms with van der Waals surface area (Å²) < 4.78 is 17.5. The van der Waals surface area contributed by atoms with Crippen molar-refractivity contribution in [1.82, 2.24) is 9.80 Å². The zero-order valence-electron chi connectivity index (χ0n) is 13.7. The molecule has 0 aromatic heterocycles. The number of ether oxygens (including phenoxy) is 3. The Labute approximate surface area is 140 Å². The van der Waals surface area contributed by atoms with E-state index < -0.39 is 11.9 Å². The van der Waals surface area contributed by atoms with Gasteiger partial charge in [0.1, 0.15) is 6.61 Å². The quantitative estimate of drug-likeness (QED) is 0.754. The van der Waals surface area contributed by atoms with Gasteiger partial charge in [-0.15, -0.1) is 0 Å². The molecule has 134 valence electrons. The summed E-state index contributed by atoms with van der Waals surface area (Å²) in [5.74, 6) is -0.567. The molecule has 4 aliphatic rings. The Morgan fingerprint density at radius 3 is 2.54 bits per heavy atom. The Morgan fingerprint density at radius 2 is 1.88 bits per heavy atom. The predicted octanol–water partition coefficient (Wildman–Crippen LogP) is 0.652. The van der Waals surface area contributed by atoms with Gasteiger partial charge in [-0.2, -0.15) is 0 Å². The summed E-state index contributed by atoms with van der Waals surface area (Å²) in [5.41, 5.74) is 0. The molecule has 1 aliphatic carbocycles. The van der Waals surface area contributed by atoms with Crippen molar-refractivity contribution in [1.29, 1.82) is 0 Å². The molecule has 0 radical (unpaired) electrons. The number of rotatable bonds is 1. The van der Waals surface area contributed by atoms with Crippen molar-refractivity contribution in [3.63, 3.8) is 0 Å². The first-order chi connectivity index (χ1) is 11.6. The largest absolute Gasteiger partial charge is 0.465 e. The van der Waals surface area contributed by atoms with Gasteiger partial charge in [0.15, 0.2) is 5.79 Å². The Morgan fingerprint density at radius 1 is 1.17 bits per heavy atom. The van der Waals surface area contributed by atoms with Crippen molar-refractivity contribution in [3.05, 3.63) is 0 Å². The highest BCUT2D eigenvalue weighted by atomic mass is 16.7. The number of hydrogen-bond acceptors (Lipinski definition) is 5. The van der Waals surface area contributed by atoms with Crippen LogP contribution in [-0.2, 0) is 19.0 Å². The van der Waals surface area contributed by atoms with E-state index >= 15 is 0 Å². The van der Waals surface area contributed by atoms with E-state index in [-0.39, 0.29) is 30.7 Å². The van der Waals surface area contributed by atoms with Crippen molar-refractivity contribution < 1.29 is 28.9 Å². The zero-order valence-corrected chi connectivity index (χ0v) is 13.7. The van der Waals surface area contributed by atoms with Crippen LogP contribution in [0.5, 0.6) is 0 Å². The lowest BCUT2D eigenvalue weighted by Gasteiger charge is -2.51. The van der Waals surface area contributed by atoms with Gasteiger partial charge < -0.3 is 29.1 Å². The zero-order chi connectivity index (χ0) is 16.7. The Balaban J connectivity index is 1.50. The van der Waals surface area contributed by atoms with Gasteiger partial charge in [0, 0.05) is 32.0 Å². The van der Waals surface area contributed by atoms with Crippen LogP contribution in [0.4, 0.5) is 4.79 Å². The van der Waals surface area contributed by atoms with Crippen LogP contribution >= 0.6 is 0 Å². The van der Waals surface area contributed by atoms with Crippen molar-refractivity contribution >= 4 is 12.0 Å². The average Bonchev–Trinajstić information content (AvgIpc) is 3.03. The van der Waals surface area contributed by atoms with E-state index in [9.17, 15) is 9.59 Å². The smallest absolute Gasteiger partial charge is 0.407 e. The number of carboxylic acid groups (broad SMARTS) is 1. The minimum Gasteiger partial charge on any atom is -0.465 e. The maximum Gasteiger partial charge on any atom is 0.407 e. The first-order valence-corrected chi connectivity index (χ1v) is 8.76. The van der Waals surface area contributed by atoms with Crippen molar-refractivity contribution in [3.8, 4) is 0 Å². The molecule has 2 atom stereocenters. The van der Waals surface area contributed by atoms with Gasteiger partial charge >= 0.3 is 6.09 Å². The lowest BCUT2D eigenvalue weighted by Crippen LogP contribution is -2.64. The van der Waals surface area contributed by atoms with E-state index in [1.54, 1.807) is 0 Å². The first-order valence-electron chi connectivity index (χ1n) is 8.76. The fourth-order valence-electron chi connectivity index (χ4n) is 4.59. The molecule has 4 fully saturated rings. The molecule has 0 aromatic rings. The second-order valence-corrected chi connectivity index (χ2v) is 7.07. The first kappa shape index (κ1) is 16.1. The lowest BCUT2D eigenvalue weighted by molar-refractivity contribution is -0.225. The van der Waals surface area contributed by atoms with Crippen LogP contribution in [0, 0.1) is 0 Å². The van der Waals surface area contributed by atoms with E-state index in [1.807, 2.05) is 4.90 Å². The van der Waals surface area contributed by atoms with Gasteiger partial charge in [0.05, 0.1) is 25.4 Å². The number of piperidine rings is 1. The highest BCUT2D eigenvalue weighted by Crippen LogP contribution is 2.41. The van der Waals surface area contributed by atoms with Gasteiger partial charge in [0.2, 0.25) is 5.91 Å². The second-order valence-electron chi connectivity index (χ2n) is 7.07. The SMILES string of the molecule is O=C(O)N1CCC(N2C(=O)CO[C@H]3CCC4(C[C@@H]32)OCCO4)CC1. The number of fused-ring (bicyclic) bond motifs is 1. The summed E-state index contributed by atoms with van der Waals surface area (Å²) in [7, 11) is 0. The molecule has 2 amide bonds. The second kappa shape index (κ2) is 6.16. The van der Waals surface area contributed by atoms with Crippen molar-refractivity contribution in [2.75, 3.05) is 32.9 Å². The topological polar surface area (TPSA) is 88.5 Å². The number of likely N-dealkylation sites (tertiary alicyclic amines) is 1. The molecule has 3 heterocycles. The Hall–Kier alpha value is -1.38. The maximum absolute atomic E-state index is 12.6. The van der Waals surface area contributed by atoms with E-state index in [1.165, 1.54) is 4.90 Å². The van der Waals surface area contributed by atoms with Crippen LogP contribution < -0.4 is 0 Å². The van der Waals surface area contributed by atoms with Crippen molar-refractivity contribution in [2.45, 2.75) is 56.1 Å². The van der Waals surface area contributed by atoms with Crippen LogP contribution in [0.3, 0.4) is 0 Å². The molecule has 4 rings (SSSR count). The summed E-state index contributed by atoms with van der Waals surface area (Å²) in [6.45, 7) is 2.27. The van der Waals surface area contributed by atoms with Gasteiger partial charge in [-0.05, 0) is 19.3 Å². The lowest BCUT2D eigenvalue weighted by atomic mass is 9.83. The van der Waals surface area contributed by atoms with Gasteiger partial charge in [0.25, 0.3) is 0 Å². The fraction of sp³-hybridized carbons (Fsp3) is 0.875. The number of nitrogens with zero attached hydrogens (tertiary/aromatic N) is 2.